The quantitative estimate of drug-likeness (QED) is 0.762. The van der Waals surface area contributed by atoms with Crippen molar-refractivity contribution in [3.63, 3.8) is 0 Å². The molecule has 30 heavy (non-hydrogen) atoms. The highest BCUT2D eigenvalue weighted by molar-refractivity contribution is 5.93. The first kappa shape index (κ1) is 21.8. The molecule has 0 aliphatic carbocycles. The number of carbonyl (C=O) groups excluding carboxylic acids is 2. The van der Waals surface area contributed by atoms with Crippen molar-refractivity contribution in [1.29, 1.82) is 0 Å². The third-order valence-electron chi connectivity index (χ3n) is 5.54. The van der Waals surface area contributed by atoms with E-state index in [-0.39, 0.29) is 18.4 Å². The number of anilines is 1. The van der Waals surface area contributed by atoms with E-state index in [2.05, 4.69) is 11.4 Å². The van der Waals surface area contributed by atoms with Crippen LogP contribution in [0.25, 0.3) is 0 Å². The summed E-state index contributed by atoms with van der Waals surface area (Å²) in [7, 11) is 0. The van der Waals surface area contributed by atoms with Crippen LogP contribution < -0.4 is 15.0 Å². The largest absolute Gasteiger partial charge is 0.484 e. The summed E-state index contributed by atoms with van der Waals surface area (Å²) in [6.45, 7) is 11.3. The van der Waals surface area contributed by atoms with E-state index in [4.69, 9.17) is 4.74 Å². The van der Waals surface area contributed by atoms with E-state index in [1.54, 1.807) is 0 Å². The molecule has 2 aromatic carbocycles. The van der Waals surface area contributed by atoms with Crippen molar-refractivity contribution in [1.82, 2.24) is 4.90 Å². The van der Waals surface area contributed by atoms with E-state index in [0.717, 1.165) is 46.8 Å². The van der Waals surface area contributed by atoms with E-state index >= 15 is 0 Å². The van der Waals surface area contributed by atoms with Gasteiger partial charge in [0.05, 0.1) is 26.2 Å². The molecular weight excluding hydrogens is 378 g/mol. The van der Waals surface area contributed by atoms with Crippen LogP contribution in [0.3, 0.4) is 0 Å². The van der Waals surface area contributed by atoms with Crippen LogP contribution in [0.1, 0.15) is 22.3 Å². The number of hydrogen-bond donors (Lipinski definition) is 2. The second-order valence-electron chi connectivity index (χ2n) is 8.23. The summed E-state index contributed by atoms with van der Waals surface area (Å²) in [6, 6.07) is 12.0. The maximum Gasteiger partial charge on any atom is 0.279 e. The fourth-order valence-electron chi connectivity index (χ4n) is 3.92. The summed E-state index contributed by atoms with van der Waals surface area (Å²) in [5.74, 6) is 0.738. The smallest absolute Gasteiger partial charge is 0.279 e. The SMILES string of the molecule is Cc1cc(C)cc(OCC(=O)N2CC[NH+](CC(=O)Nc3c(C)cccc3C)CC2)c1. The van der Waals surface area contributed by atoms with E-state index in [0.29, 0.717) is 19.6 Å². The molecule has 0 atom stereocenters. The molecule has 0 saturated carbocycles. The van der Waals surface area contributed by atoms with Gasteiger partial charge in [-0.3, -0.25) is 9.59 Å². The Labute approximate surface area is 178 Å². The Balaban J connectivity index is 1.44. The van der Waals surface area contributed by atoms with Crippen LogP contribution >= 0.6 is 0 Å². The van der Waals surface area contributed by atoms with Crippen LogP contribution in [-0.2, 0) is 9.59 Å². The number of quaternary nitrogens is 1. The number of nitrogens with one attached hydrogen (secondary N) is 2. The van der Waals surface area contributed by atoms with E-state index in [9.17, 15) is 9.59 Å². The predicted molar refractivity (Wildman–Crippen MR) is 118 cm³/mol. The van der Waals surface area contributed by atoms with E-state index < -0.39 is 0 Å². The number of piperazine rings is 1. The van der Waals surface area contributed by atoms with Gasteiger partial charge in [-0.15, -0.1) is 0 Å². The molecule has 2 amide bonds. The number of ether oxygens (including phenoxy) is 1. The predicted octanol–water partition coefficient (Wildman–Crippen LogP) is 1.66. The molecule has 0 spiro atoms. The highest BCUT2D eigenvalue weighted by Crippen LogP contribution is 2.19. The normalized spacial score (nSPS) is 14.5. The molecular formula is C24H32N3O3+. The molecule has 1 heterocycles. The third-order valence-corrected chi connectivity index (χ3v) is 5.54. The molecule has 1 aliphatic rings. The number of benzene rings is 2. The second-order valence-corrected chi connectivity index (χ2v) is 8.23. The van der Waals surface area contributed by atoms with Gasteiger partial charge in [0.2, 0.25) is 0 Å². The van der Waals surface area contributed by atoms with Crippen molar-refractivity contribution < 1.29 is 19.2 Å². The van der Waals surface area contributed by atoms with E-state index in [1.807, 2.05) is 62.9 Å². The summed E-state index contributed by atoms with van der Waals surface area (Å²) >= 11 is 0. The minimum atomic E-state index is -0.00630. The number of aryl methyl sites for hydroxylation is 4. The Hall–Kier alpha value is -2.86. The fraction of sp³-hybridized carbons (Fsp3) is 0.417. The molecule has 6 heteroatoms. The maximum atomic E-state index is 12.5. The lowest BCUT2D eigenvalue weighted by molar-refractivity contribution is -0.895. The third kappa shape index (κ3) is 5.83. The van der Waals surface area contributed by atoms with Crippen LogP contribution in [0.4, 0.5) is 5.69 Å². The summed E-state index contributed by atoms with van der Waals surface area (Å²) in [6.07, 6.45) is 0. The lowest BCUT2D eigenvalue weighted by Crippen LogP contribution is -3.15. The molecule has 0 bridgehead atoms. The Bertz CT molecular complexity index is 877. The monoisotopic (exact) mass is 410 g/mol. The molecule has 1 aliphatic heterocycles. The number of hydrogen-bond acceptors (Lipinski definition) is 3. The molecule has 1 saturated heterocycles. The van der Waals surface area contributed by atoms with Gasteiger partial charge in [0, 0.05) is 5.69 Å². The van der Waals surface area contributed by atoms with E-state index in [1.165, 1.54) is 4.90 Å². The lowest BCUT2D eigenvalue weighted by Gasteiger charge is -2.31. The molecule has 1 fully saturated rings. The average molecular weight is 411 g/mol. The van der Waals surface area contributed by atoms with Crippen molar-refractivity contribution in [3.8, 4) is 5.75 Å². The highest BCUT2D eigenvalue weighted by atomic mass is 16.5. The molecule has 0 aromatic heterocycles. The number of amides is 2. The number of nitrogens with zero attached hydrogens (tertiary/aromatic N) is 1. The van der Waals surface area contributed by atoms with Crippen molar-refractivity contribution in [2.75, 3.05) is 44.6 Å². The van der Waals surface area contributed by atoms with Gasteiger partial charge in [-0.2, -0.15) is 0 Å². The standard InChI is InChI=1S/C24H31N3O3/c1-17-12-18(2)14-21(13-17)30-16-23(29)27-10-8-26(9-11-27)15-22(28)25-24-19(3)6-5-7-20(24)4/h5-7,12-14H,8-11,15-16H2,1-4H3,(H,25,28)/p+1. The number of carbonyl (C=O) groups is 2. The van der Waals surface area contributed by atoms with Crippen LogP contribution in [0.2, 0.25) is 0 Å². The maximum absolute atomic E-state index is 12.5. The van der Waals surface area contributed by atoms with Crippen molar-refractivity contribution in [2.45, 2.75) is 27.7 Å². The van der Waals surface area contributed by atoms with Gasteiger partial charge < -0.3 is 19.9 Å². The summed E-state index contributed by atoms with van der Waals surface area (Å²) in [5.41, 5.74) is 5.28. The zero-order valence-corrected chi connectivity index (χ0v) is 18.4. The molecule has 160 valence electrons. The molecule has 3 rings (SSSR count). The Morgan fingerprint density at radius 1 is 1.00 bits per heavy atom. The molecule has 6 nitrogen and oxygen atoms in total. The number of rotatable bonds is 6. The van der Waals surface area contributed by atoms with Crippen LogP contribution in [-0.4, -0.2) is 56.0 Å². The van der Waals surface area contributed by atoms with Crippen molar-refractivity contribution in [2.24, 2.45) is 0 Å². The Morgan fingerprint density at radius 2 is 1.60 bits per heavy atom. The van der Waals surface area contributed by atoms with Crippen LogP contribution in [0, 0.1) is 27.7 Å². The molecule has 0 radical (unpaired) electrons. The van der Waals surface area contributed by atoms with Gasteiger partial charge in [0.25, 0.3) is 11.8 Å². The van der Waals surface area contributed by atoms with Gasteiger partial charge in [0.15, 0.2) is 13.2 Å². The average Bonchev–Trinajstić information content (AvgIpc) is 2.69. The topological polar surface area (TPSA) is 63.1 Å². The number of para-hydroxylation sites is 1. The molecule has 2 aromatic rings. The first-order chi connectivity index (χ1) is 14.3. The minimum absolute atomic E-state index is 0.00630. The van der Waals surface area contributed by atoms with Gasteiger partial charge in [-0.25, -0.2) is 0 Å². The fourth-order valence-corrected chi connectivity index (χ4v) is 3.92. The van der Waals surface area contributed by atoms with Crippen molar-refractivity contribution in [3.05, 3.63) is 58.7 Å². The van der Waals surface area contributed by atoms with Crippen molar-refractivity contribution >= 4 is 17.5 Å². The Morgan fingerprint density at radius 3 is 2.20 bits per heavy atom. The highest BCUT2D eigenvalue weighted by Gasteiger charge is 2.25. The summed E-state index contributed by atoms with van der Waals surface area (Å²) in [5, 5.41) is 3.05. The molecule has 0 unspecified atom stereocenters. The Kier molecular flexibility index (Phi) is 7.11. The van der Waals surface area contributed by atoms with Gasteiger partial charge in [-0.1, -0.05) is 24.3 Å². The van der Waals surface area contributed by atoms with Gasteiger partial charge in [-0.05, 0) is 62.1 Å². The zero-order valence-electron chi connectivity index (χ0n) is 18.4. The minimum Gasteiger partial charge on any atom is -0.484 e. The summed E-state index contributed by atoms with van der Waals surface area (Å²) < 4.78 is 5.70. The molecule has 2 N–H and O–H groups in total. The first-order valence-electron chi connectivity index (χ1n) is 10.5. The zero-order chi connectivity index (χ0) is 21.7. The van der Waals surface area contributed by atoms with Crippen LogP contribution in [0.15, 0.2) is 36.4 Å². The first-order valence-corrected chi connectivity index (χ1v) is 10.5. The lowest BCUT2D eigenvalue weighted by atomic mass is 10.1. The summed E-state index contributed by atoms with van der Waals surface area (Å²) in [4.78, 5) is 28.0. The second kappa shape index (κ2) is 9.76. The van der Waals surface area contributed by atoms with Crippen LogP contribution in [0.5, 0.6) is 5.75 Å². The van der Waals surface area contributed by atoms with Gasteiger partial charge in [0.1, 0.15) is 5.75 Å². The van der Waals surface area contributed by atoms with Gasteiger partial charge >= 0.3 is 0 Å².